The van der Waals surface area contributed by atoms with E-state index in [2.05, 4.69) is 5.14 Å². The molecule has 0 aliphatic rings. The Morgan fingerprint density at radius 3 is 1.50 bits per heavy atom. The molecule has 0 spiro atoms. The molecule has 0 unspecified atom stereocenters. The second-order valence-electron chi connectivity index (χ2n) is 1.64. The van der Waals surface area contributed by atoms with Crippen molar-refractivity contribution in [2.45, 2.75) is 19.1 Å². The Morgan fingerprint density at radius 1 is 1.38 bits per heavy atom. The first-order valence-electron chi connectivity index (χ1n) is 1.96. The Balaban J connectivity index is 0. The van der Waals surface area contributed by atoms with Crippen LogP contribution < -0.4 is 5.14 Å². The molecule has 5 heteroatoms. The molecule has 0 aromatic rings. The summed E-state index contributed by atoms with van der Waals surface area (Å²) in [6.07, 6.45) is 0. The Morgan fingerprint density at radius 2 is 1.50 bits per heavy atom. The van der Waals surface area contributed by atoms with E-state index in [9.17, 15) is 8.42 Å². The molecule has 0 aromatic carbocycles. The summed E-state index contributed by atoms with van der Waals surface area (Å²) < 4.78 is 20.2. The summed E-state index contributed by atoms with van der Waals surface area (Å²) in [5.41, 5.74) is 0. The summed E-state index contributed by atoms with van der Waals surface area (Å²) in [5, 5.41) is 4.20. The second-order valence-corrected chi connectivity index (χ2v) is 3.76. The molecule has 46 valence electrons. The first-order chi connectivity index (χ1) is 2.94. The van der Waals surface area contributed by atoms with Crippen LogP contribution >= 0.6 is 0 Å². The number of sulfonamides is 1. The van der Waals surface area contributed by atoms with E-state index in [4.69, 9.17) is 0 Å². The fourth-order valence-corrected chi connectivity index (χ4v) is 0. The van der Waals surface area contributed by atoms with Crippen molar-refractivity contribution in [2.24, 2.45) is 5.14 Å². The number of nitrogens with two attached hydrogens (primary N) is 1. The third kappa shape index (κ3) is 5.05. The van der Waals surface area contributed by atoms with Gasteiger partial charge in [0.15, 0.2) is 0 Å². The SMILES string of the molecule is CC(C)S(N)(=O)=O.[NaH]. The molecule has 8 heavy (non-hydrogen) atoms. The van der Waals surface area contributed by atoms with E-state index in [-0.39, 0.29) is 29.6 Å². The minimum atomic E-state index is -3.24. The standard InChI is InChI=1S/C3H9NO2S.Na.H/c1-3(2)7(4,5)6;;/h3H,1-2H3,(H2,4,5,6);;. The first kappa shape index (κ1) is 11.7. The molecule has 0 saturated heterocycles. The molecular formula is C3H10NNaO2S. The van der Waals surface area contributed by atoms with Crippen molar-refractivity contribution in [2.75, 3.05) is 0 Å². The molecular weight excluding hydrogens is 137 g/mol. The van der Waals surface area contributed by atoms with Gasteiger partial charge in [-0.3, -0.25) is 0 Å². The van der Waals surface area contributed by atoms with Crippen LogP contribution in [0.2, 0.25) is 0 Å². The zero-order valence-electron chi connectivity index (χ0n) is 4.38. The molecule has 0 amide bonds. The molecule has 0 fully saturated rings. The van der Waals surface area contributed by atoms with Gasteiger partial charge in [0.1, 0.15) is 0 Å². The summed E-state index contributed by atoms with van der Waals surface area (Å²) in [5.74, 6) is 0. The summed E-state index contributed by atoms with van der Waals surface area (Å²) >= 11 is 0. The summed E-state index contributed by atoms with van der Waals surface area (Å²) in [4.78, 5) is 0. The van der Waals surface area contributed by atoms with E-state index in [0.29, 0.717) is 0 Å². The maximum atomic E-state index is 10.1. The Labute approximate surface area is 72.0 Å². The van der Waals surface area contributed by atoms with E-state index in [1.54, 1.807) is 0 Å². The van der Waals surface area contributed by atoms with E-state index >= 15 is 0 Å². The van der Waals surface area contributed by atoms with E-state index in [0.717, 1.165) is 0 Å². The van der Waals surface area contributed by atoms with Crippen molar-refractivity contribution < 1.29 is 8.42 Å². The third-order valence-corrected chi connectivity index (χ3v) is 1.97. The topological polar surface area (TPSA) is 60.2 Å². The summed E-state index contributed by atoms with van der Waals surface area (Å²) in [7, 11) is -3.24. The Bertz CT molecular complexity index is 139. The van der Waals surface area contributed by atoms with Crippen molar-refractivity contribution in [1.82, 2.24) is 0 Å². The van der Waals surface area contributed by atoms with Gasteiger partial charge in [0.2, 0.25) is 10.0 Å². The summed E-state index contributed by atoms with van der Waals surface area (Å²) in [6, 6.07) is 0. The molecule has 0 heterocycles. The molecule has 0 aromatic heterocycles. The number of rotatable bonds is 1. The molecule has 3 nitrogen and oxygen atoms in total. The van der Waals surface area contributed by atoms with Crippen molar-refractivity contribution >= 4 is 39.6 Å². The zero-order valence-corrected chi connectivity index (χ0v) is 5.20. The predicted octanol–water partition coefficient (Wildman–Crippen LogP) is -0.965. The van der Waals surface area contributed by atoms with Crippen molar-refractivity contribution in [1.29, 1.82) is 0 Å². The molecule has 0 saturated carbocycles. The normalized spacial score (nSPS) is 11.0. The molecule has 0 atom stereocenters. The quantitative estimate of drug-likeness (QED) is 0.485. The fourth-order valence-electron chi connectivity index (χ4n) is 0. The van der Waals surface area contributed by atoms with Crippen LogP contribution in [0.1, 0.15) is 13.8 Å². The van der Waals surface area contributed by atoms with Gasteiger partial charge in [0.25, 0.3) is 0 Å². The van der Waals surface area contributed by atoms with Crippen LogP contribution in [0.5, 0.6) is 0 Å². The zero-order chi connectivity index (χ0) is 6.08. The number of hydrogen-bond acceptors (Lipinski definition) is 2. The van der Waals surface area contributed by atoms with Crippen molar-refractivity contribution in [3.8, 4) is 0 Å². The Hall–Kier alpha value is 0.910. The third-order valence-electron chi connectivity index (χ3n) is 0.657. The van der Waals surface area contributed by atoms with Gasteiger partial charge in [0, 0.05) is 0 Å². The molecule has 0 radical (unpaired) electrons. The van der Waals surface area contributed by atoms with Gasteiger partial charge in [-0.15, -0.1) is 0 Å². The molecule has 0 aliphatic heterocycles. The molecule has 0 rings (SSSR count). The van der Waals surface area contributed by atoms with E-state index in [1.165, 1.54) is 13.8 Å². The Kier molecular flexibility index (Phi) is 5.61. The van der Waals surface area contributed by atoms with Crippen LogP contribution in [0.15, 0.2) is 0 Å². The van der Waals surface area contributed by atoms with Crippen LogP contribution in [0.4, 0.5) is 0 Å². The van der Waals surface area contributed by atoms with Crippen molar-refractivity contribution in [3.63, 3.8) is 0 Å². The second kappa shape index (κ2) is 3.85. The van der Waals surface area contributed by atoms with Crippen LogP contribution in [-0.2, 0) is 10.0 Å². The average Bonchev–Trinajstić information content (AvgIpc) is 1.31. The van der Waals surface area contributed by atoms with Crippen LogP contribution in [0.3, 0.4) is 0 Å². The average molecular weight is 147 g/mol. The van der Waals surface area contributed by atoms with Crippen molar-refractivity contribution in [3.05, 3.63) is 0 Å². The van der Waals surface area contributed by atoms with Gasteiger partial charge in [-0.25, -0.2) is 13.6 Å². The molecule has 0 aliphatic carbocycles. The maximum absolute atomic E-state index is 10.1. The van der Waals surface area contributed by atoms with Gasteiger partial charge in [-0.05, 0) is 13.8 Å². The van der Waals surface area contributed by atoms with E-state index < -0.39 is 15.3 Å². The van der Waals surface area contributed by atoms with Gasteiger partial charge in [-0.2, -0.15) is 0 Å². The minimum absolute atomic E-state index is 0. The van der Waals surface area contributed by atoms with E-state index in [1.807, 2.05) is 0 Å². The monoisotopic (exact) mass is 147 g/mol. The van der Waals surface area contributed by atoms with Crippen LogP contribution in [0, 0.1) is 0 Å². The van der Waals surface area contributed by atoms with Gasteiger partial charge >= 0.3 is 29.6 Å². The summed E-state index contributed by atoms with van der Waals surface area (Å²) in [6.45, 7) is 3.07. The number of hydrogen-bond donors (Lipinski definition) is 1. The van der Waals surface area contributed by atoms with Gasteiger partial charge in [0.05, 0.1) is 5.25 Å². The van der Waals surface area contributed by atoms with Crippen LogP contribution in [-0.4, -0.2) is 43.2 Å². The molecule has 0 bridgehead atoms. The molecule has 2 N–H and O–H groups in total. The number of primary sulfonamides is 1. The van der Waals surface area contributed by atoms with Crippen LogP contribution in [0.25, 0.3) is 0 Å². The predicted molar refractivity (Wildman–Crippen MR) is 35.4 cm³/mol. The van der Waals surface area contributed by atoms with Gasteiger partial charge < -0.3 is 0 Å². The fraction of sp³-hybridized carbons (Fsp3) is 1.00. The first-order valence-corrected chi connectivity index (χ1v) is 3.57. The van der Waals surface area contributed by atoms with Gasteiger partial charge in [-0.1, -0.05) is 0 Å².